The minimum atomic E-state index is -3.67. The zero-order chi connectivity index (χ0) is 21.2. The number of benzene rings is 2. The Morgan fingerprint density at radius 1 is 1.03 bits per heavy atom. The van der Waals surface area contributed by atoms with Crippen LogP contribution in [0.5, 0.6) is 0 Å². The molecule has 1 aliphatic rings. The van der Waals surface area contributed by atoms with E-state index >= 15 is 0 Å². The number of amides is 1. The first-order valence-electron chi connectivity index (χ1n) is 9.37. The van der Waals surface area contributed by atoms with Gasteiger partial charge < -0.3 is 5.32 Å². The van der Waals surface area contributed by atoms with Gasteiger partial charge in [0.2, 0.25) is 10.0 Å². The van der Waals surface area contributed by atoms with Crippen molar-refractivity contribution in [1.29, 1.82) is 0 Å². The summed E-state index contributed by atoms with van der Waals surface area (Å²) in [6.07, 6.45) is 2.68. The molecule has 9 heteroatoms. The van der Waals surface area contributed by atoms with E-state index in [-0.39, 0.29) is 16.1 Å². The zero-order valence-electron chi connectivity index (χ0n) is 16.3. The van der Waals surface area contributed by atoms with Gasteiger partial charge in [-0.05, 0) is 56.0 Å². The molecule has 1 heterocycles. The highest BCUT2D eigenvalue weighted by Crippen LogP contribution is 2.26. The number of nitro benzene ring substituents is 1. The summed E-state index contributed by atoms with van der Waals surface area (Å²) < 4.78 is 27.5. The van der Waals surface area contributed by atoms with Crippen molar-refractivity contribution >= 4 is 27.3 Å². The fraction of sp³-hybridized carbons (Fsp3) is 0.350. The van der Waals surface area contributed by atoms with Gasteiger partial charge in [-0.15, -0.1) is 0 Å². The summed E-state index contributed by atoms with van der Waals surface area (Å²) in [5.41, 5.74) is 1.70. The molecule has 154 valence electrons. The van der Waals surface area contributed by atoms with Crippen molar-refractivity contribution in [1.82, 2.24) is 4.31 Å². The maximum atomic E-state index is 13.0. The quantitative estimate of drug-likeness (QED) is 0.590. The van der Waals surface area contributed by atoms with Crippen LogP contribution in [0, 0.1) is 24.0 Å². The van der Waals surface area contributed by atoms with Gasteiger partial charge in [0.25, 0.3) is 11.6 Å². The third kappa shape index (κ3) is 4.46. The van der Waals surface area contributed by atoms with Gasteiger partial charge in [-0.3, -0.25) is 14.9 Å². The van der Waals surface area contributed by atoms with Gasteiger partial charge in [0.15, 0.2) is 0 Å². The summed E-state index contributed by atoms with van der Waals surface area (Å²) in [6.45, 7) is 4.34. The van der Waals surface area contributed by atoms with E-state index in [4.69, 9.17) is 0 Å². The van der Waals surface area contributed by atoms with Crippen molar-refractivity contribution in [3.8, 4) is 0 Å². The van der Waals surface area contributed by atoms with Gasteiger partial charge in [-0.25, -0.2) is 8.42 Å². The second-order valence-electron chi connectivity index (χ2n) is 7.16. The van der Waals surface area contributed by atoms with Crippen LogP contribution >= 0.6 is 0 Å². The van der Waals surface area contributed by atoms with Gasteiger partial charge in [-0.1, -0.05) is 12.5 Å². The lowest BCUT2D eigenvalue weighted by atomic mass is 10.1. The number of nitro groups is 1. The third-order valence-electron chi connectivity index (χ3n) is 5.05. The molecule has 2 aromatic rings. The molecule has 29 heavy (non-hydrogen) atoms. The molecule has 1 N–H and O–H groups in total. The lowest BCUT2D eigenvalue weighted by Crippen LogP contribution is -2.36. The average molecular weight is 417 g/mol. The standard InChI is InChI=1S/C20H23N3O5S/c1-14-6-7-16(13-19(14)29(27,28)22-10-4-3-5-11-22)20(24)21-18-9-8-17(23(25)26)12-15(18)2/h6-9,12-13H,3-5,10-11H2,1-2H3,(H,21,24). The molecular formula is C20H23N3O5S. The minimum Gasteiger partial charge on any atom is -0.322 e. The number of hydrogen-bond donors (Lipinski definition) is 1. The van der Waals surface area contributed by atoms with Crippen LogP contribution in [0.1, 0.15) is 40.7 Å². The van der Waals surface area contributed by atoms with E-state index in [1.54, 1.807) is 26.0 Å². The normalized spacial score (nSPS) is 15.1. The largest absolute Gasteiger partial charge is 0.322 e. The van der Waals surface area contributed by atoms with Crippen LogP contribution in [0.3, 0.4) is 0 Å². The van der Waals surface area contributed by atoms with Gasteiger partial charge in [0.1, 0.15) is 0 Å². The molecule has 0 aliphatic carbocycles. The second kappa shape index (κ2) is 8.30. The lowest BCUT2D eigenvalue weighted by Gasteiger charge is -2.26. The molecule has 1 amide bonds. The number of anilines is 1. The van der Waals surface area contributed by atoms with Crippen LogP contribution in [0.25, 0.3) is 0 Å². The molecule has 0 unspecified atom stereocenters. The average Bonchev–Trinajstić information content (AvgIpc) is 2.70. The number of piperidine rings is 1. The molecule has 0 atom stereocenters. The maximum Gasteiger partial charge on any atom is 0.269 e. The smallest absolute Gasteiger partial charge is 0.269 e. The number of non-ortho nitro benzene ring substituents is 1. The number of hydrogen-bond acceptors (Lipinski definition) is 5. The fourth-order valence-electron chi connectivity index (χ4n) is 3.36. The van der Waals surface area contributed by atoms with Gasteiger partial charge in [0.05, 0.1) is 9.82 Å². The number of carbonyl (C=O) groups is 1. The molecule has 2 aromatic carbocycles. The second-order valence-corrected chi connectivity index (χ2v) is 9.06. The van der Waals surface area contributed by atoms with E-state index in [0.717, 1.165) is 19.3 Å². The Morgan fingerprint density at radius 3 is 2.34 bits per heavy atom. The third-order valence-corrected chi connectivity index (χ3v) is 7.09. The molecule has 0 radical (unpaired) electrons. The SMILES string of the molecule is Cc1cc([N+](=O)[O-])ccc1NC(=O)c1ccc(C)c(S(=O)(=O)N2CCCCC2)c1. The van der Waals surface area contributed by atoms with Crippen LogP contribution < -0.4 is 5.32 Å². The number of rotatable bonds is 5. The molecule has 1 aliphatic heterocycles. The van der Waals surface area contributed by atoms with E-state index in [1.807, 2.05) is 0 Å². The molecule has 1 fully saturated rings. The van der Waals surface area contributed by atoms with Crippen LogP contribution in [0.2, 0.25) is 0 Å². The van der Waals surface area contributed by atoms with Crippen molar-refractivity contribution in [2.75, 3.05) is 18.4 Å². The minimum absolute atomic E-state index is 0.0641. The molecule has 0 bridgehead atoms. The highest BCUT2D eigenvalue weighted by atomic mass is 32.2. The summed E-state index contributed by atoms with van der Waals surface area (Å²) in [7, 11) is -3.67. The van der Waals surface area contributed by atoms with E-state index in [1.165, 1.54) is 28.6 Å². The molecule has 0 spiro atoms. The Hall–Kier alpha value is -2.78. The summed E-state index contributed by atoms with van der Waals surface area (Å²) in [4.78, 5) is 23.2. The zero-order valence-corrected chi connectivity index (χ0v) is 17.2. The molecular weight excluding hydrogens is 394 g/mol. The van der Waals surface area contributed by atoms with E-state index in [2.05, 4.69) is 5.32 Å². The topological polar surface area (TPSA) is 110 Å². The van der Waals surface area contributed by atoms with Crippen molar-refractivity contribution < 1.29 is 18.1 Å². The van der Waals surface area contributed by atoms with Crippen molar-refractivity contribution in [3.05, 3.63) is 63.2 Å². The molecule has 0 saturated carbocycles. The first-order chi connectivity index (χ1) is 13.7. The van der Waals surface area contributed by atoms with E-state index in [9.17, 15) is 23.3 Å². The Bertz CT molecular complexity index is 1060. The fourth-order valence-corrected chi connectivity index (χ4v) is 5.13. The molecule has 1 saturated heterocycles. The first-order valence-corrected chi connectivity index (χ1v) is 10.8. The number of aryl methyl sites for hydroxylation is 2. The Labute approximate surface area is 169 Å². The van der Waals surface area contributed by atoms with Crippen LogP contribution in [-0.4, -0.2) is 36.6 Å². The first kappa shape index (κ1) is 20.9. The molecule has 0 aromatic heterocycles. The number of nitrogens with zero attached hydrogens (tertiary/aromatic N) is 2. The predicted octanol–water partition coefficient (Wildman–Crippen LogP) is 3.64. The molecule has 8 nitrogen and oxygen atoms in total. The highest BCUT2D eigenvalue weighted by Gasteiger charge is 2.28. The van der Waals surface area contributed by atoms with Crippen molar-refractivity contribution in [2.24, 2.45) is 0 Å². The number of carbonyl (C=O) groups excluding carboxylic acids is 1. The summed E-state index contributed by atoms with van der Waals surface area (Å²) in [5, 5.41) is 13.6. The Kier molecular flexibility index (Phi) is 5.99. The Morgan fingerprint density at radius 2 is 1.72 bits per heavy atom. The summed E-state index contributed by atoms with van der Waals surface area (Å²) in [6, 6.07) is 8.73. The molecule has 3 rings (SSSR count). The van der Waals surface area contributed by atoms with E-state index in [0.29, 0.717) is 29.9 Å². The number of nitrogens with one attached hydrogen (secondary N) is 1. The number of sulfonamides is 1. The Balaban J connectivity index is 1.87. The highest BCUT2D eigenvalue weighted by molar-refractivity contribution is 7.89. The van der Waals surface area contributed by atoms with Crippen LogP contribution in [0.15, 0.2) is 41.3 Å². The predicted molar refractivity (Wildman–Crippen MR) is 110 cm³/mol. The van der Waals surface area contributed by atoms with Gasteiger partial charge in [0, 0.05) is 36.5 Å². The maximum absolute atomic E-state index is 13.0. The van der Waals surface area contributed by atoms with Gasteiger partial charge >= 0.3 is 0 Å². The summed E-state index contributed by atoms with van der Waals surface area (Å²) in [5.74, 6) is -0.475. The van der Waals surface area contributed by atoms with Crippen LogP contribution in [-0.2, 0) is 10.0 Å². The van der Waals surface area contributed by atoms with Gasteiger partial charge in [-0.2, -0.15) is 4.31 Å². The summed E-state index contributed by atoms with van der Waals surface area (Å²) >= 11 is 0. The van der Waals surface area contributed by atoms with E-state index < -0.39 is 20.9 Å². The van der Waals surface area contributed by atoms with Crippen molar-refractivity contribution in [3.63, 3.8) is 0 Å². The van der Waals surface area contributed by atoms with Crippen LogP contribution in [0.4, 0.5) is 11.4 Å². The monoisotopic (exact) mass is 417 g/mol. The lowest BCUT2D eigenvalue weighted by molar-refractivity contribution is -0.384. The van der Waals surface area contributed by atoms with Crippen molar-refractivity contribution in [2.45, 2.75) is 38.0 Å².